The van der Waals surface area contributed by atoms with Crippen LogP contribution in [-0.4, -0.2) is 50.0 Å². The quantitative estimate of drug-likeness (QED) is 0.312. The molecule has 39 heavy (non-hydrogen) atoms. The molecule has 3 aromatic carbocycles. The molecule has 0 aromatic heterocycles. The van der Waals surface area contributed by atoms with E-state index in [0.717, 1.165) is 17.4 Å². The molecule has 0 bridgehead atoms. The zero-order valence-corrected chi connectivity index (χ0v) is 24.2. The zero-order valence-electron chi connectivity index (χ0n) is 22.6. The van der Waals surface area contributed by atoms with Gasteiger partial charge in [0.15, 0.2) is 0 Å². The van der Waals surface area contributed by atoms with Crippen LogP contribution >= 0.6 is 11.6 Å². The number of carbonyl (C=O) groups is 2. The predicted octanol–water partition coefficient (Wildman–Crippen LogP) is 5.05. The number of carbonyl (C=O) groups excluding carboxylic acids is 2. The van der Waals surface area contributed by atoms with Gasteiger partial charge in [0.1, 0.15) is 6.04 Å². The zero-order chi connectivity index (χ0) is 28.4. The first kappa shape index (κ1) is 30.2. The summed E-state index contributed by atoms with van der Waals surface area (Å²) in [5.41, 5.74) is 2.19. The van der Waals surface area contributed by atoms with Crippen LogP contribution in [0, 0.1) is 0 Å². The van der Waals surface area contributed by atoms with Crippen LogP contribution in [-0.2, 0) is 32.6 Å². The third kappa shape index (κ3) is 9.11. The fraction of sp³-hybridized carbons (Fsp3) is 0.333. The maximum atomic E-state index is 13.8. The number of para-hydroxylation sites is 1. The number of halogens is 1. The van der Waals surface area contributed by atoms with E-state index in [-0.39, 0.29) is 43.8 Å². The minimum Gasteiger partial charge on any atom is -0.352 e. The normalized spacial score (nSPS) is 12.1. The number of hydrogen-bond acceptors (Lipinski definition) is 4. The summed E-state index contributed by atoms with van der Waals surface area (Å²) in [6, 6.07) is 24.7. The van der Waals surface area contributed by atoms with Crippen molar-refractivity contribution in [3.8, 4) is 0 Å². The highest BCUT2D eigenvalue weighted by molar-refractivity contribution is 7.92. The Morgan fingerprint density at radius 1 is 0.897 bits per heavy atom. The number of benzene rings is 3. The second kappa shape index (κ2) is 14.1. The van der Waals surface area contributed by atoms with Gasteiger partial charge in [-0.3, -0.25) is 13.9 Å². The lowest BCUT2D eigenvalue weighted by molar-refractivity contribution is -0.141. The number of amides is 2. The van der Waals surface area contributed by atoms with Crippen molar-refractivity contribution in [2.75, 3.05) is 17.1 Å². The summed E-state index contributed by atoms with van der Waals surface area (Å²) in [6.07, 6.45) is 1.82. The van der Waals surface area contributed by atoms with Crippen molar-refractivity contribution in [2.45, 2.75) is 51.7 Å². The molecule has 0 radical (unpaired) electrons. The lowest BCUT2D eigenvalue weighted by atomic mass is 10.0. The standard InChI is InChI=1S/C30H36ClN3O4S/c1-23(2)32-30(36)28(21-24-13-6-4-7-14-24)33(22-25-15-10-11-18-27(25)31)29(35)19-12-20-34(39(3,37)38)26-16-8-5-9-17-26/h4-11,13-18,23,28H,12,19-22H2,1-3H3,(H,32,36). The van der Waals surface area contributed by atoms with Crippen LogP contribution in [0.1, 0.15) is 37.8 Å². The topological polar surface area (TPSA) is 86.8 Å². The Morgan fingerprint density at radius 2 is 1.49 bits per heavy atom. The number of anilines is 1. The van der Waals surface area contributed by atoms with Crippen molar-refractivity contribution in [1.29, 1.82) is 0 Å². The van der Waals surface area contributed by atoms with E-state index in [1.807, 2.05) is 68.4 Å². The molecule has 1 N–H and O–H groups in total. The maximum absolute atomic E-state index is 13.8. The predicted molar refractivity (Wildman–Crippen MR) is 157 cm³/mol. The molecule has 0 saturated heterocycles. The first-order valence-electron chi connectivity index (χ1n) is 13.0. The van der Waals surface area contributed by atoms with E-state index in [1.165, 1.54) is 4.31 Å². The Balaban J connectivity index is 1.88. The molecule has 0 heterocycles. The lowest BCUT2D eigenvalue weighted by Gasteiger charge is -2.32. The van der Waals surface area contributed by atoms with Crippen molar-refractivity contribution < 1.29 is 18.0 Å². The van der Waals surface area contributed by atoms with Crippen LogP contribution in [0.2, 0.25) is 5.02 Å². The molecule has 0 aliphatic rings. The number of nitrogens with one attached hydrogen (secondary N) is 1. The second-order valence-electron chi connectivity index (χ2n) is 9.76. The monoisotopic (exact) mass is 569 g/mol. The van der Waals surface area contributed by atoms with E-state index < -0.39 is 16.1 Å². The third-order valence-electron chi connectivity index (χ3n) is 6.20. The Hall–Kier alpha value is -3.36. The second-order valence-corrected chi connectivity index (χ2v) is 12.1. The van der Waals surface area contributed by atoms with Crippen molar-refractivity contribution in [3.05, 3.63) is 101 Å². The highest BCUT2D eigenvalue weighted by Gasteiger charge is 2.31. The molecule has 7 nitrogen and oxygen atoms in total. The van der Waals surface area contributed by atoms with Gasteiger partial charge in [-0.1, -0.05) is 78.3 Å². The lowest BCUT2D eigenvalue weighted by Crippen LogP contribution is -2.51. The van der Waals surface area contributed by atoms with Crippen molar-refractivity contribution in [3.63, 3.8) is 0 Å². The molecule has 3 aromatic rings. The van der Waals surface area contributed by atoms with Crippen LogP contribution in [0.3, 0.4) is 0 Å². The fourth-order valence-electron chi connectivity index (χ4n) is 4.34. The van der Waals surface area contributed by atoms with Gasteiger partial charge in [0.05, 0.1) is 11.9 Å². The largest absolute Gasteiger partial charge is 0.352 e. The molecule has 1 unspecified atom stereocenters. The van der Waals surface area contributed by atoms with Gasteiger partial charge >= 0.3 is 0 Å². The summed E-state index contributed by atoms with van der Waals surface area (Å²) in [6.45, 7) is 4.04. The van der Waals surface area contributed by atoms with Gasteiger partial charge in [-0.25, -0.2) is 8.42 Å². The van der Waals surface area contributed by atoms with Crippen molar-refractivity contribution >= 4 is 39.1 Å². The van der Waals surface area contributed by atoms with Crippen LogP contribution < -0.4 is 9.62 Å². The minimum atomic E-state index is -3.55. The highest BCUT2D eigenvalue weighted by atomic mass is 35.5. The molecule has 208 valence electrons. The summed E-state index contributed by atoms with van der Waals surface area (Å²) in [7, 11) is -3.55. The van der Waals surface area contributed by atoms with E-state index in [9.17, 15) is 18.0 Å². The average Bonchev–Trinajstić information content (AvgIpc) is 2.89. The van der Waals surface area contributed by atoms with E-state index in [1.54, 1.807) is 35.2 Å². The van der Waals surface area contributed by atoms with Gasteiger partial charge in [0, 0.05) is 37.0 Å². The maximum Gasteiger partial charge on any atom is 0.243 e. The molecule has 0 aliphatic heterocycles. The molecule has 0 spiro atoms. The molecule has 0 saturated carbocycles. The van der Waals surface area contributed by atoms with Crippen LogP contribution in [0.4, 0.5) is 5.69 Å². The third-order valence-corrected chi connectivity index (χ3v) is 7.76. The number of sulfonamides is 1. The van der Waals surface area contributed by atoms with Gasteiger partial charge in [-0.15, -0.1) is 0 Å². The molecular weight excluding hydrogens is 534 g/mol. The molecule has 0 fully saturated rings. The van der Waals surface area contributed by atoms with Gasteiger partial charge in [0.25, 0.3) is 0 Å². The minimum absolute atomic E-state index is 0.0591. The van der Waals surface area contributed by atoms with Crippen molar-refractivity contribution in [2.24, 2.45) is 0 Å². The summed E-state index contributed by atoms with van der Waals surface area (Å²) in [5, 5.41) is 3.47. The average molecular weight is 570 g/mol. The fourth-order valence-corrected chi connectivity index (χ4v) is 5.50. The molecule has 3 rings (SSSR count). The molecule has 1 atom stereocenters. The van der Waals surface area contributed by atoms with Gasteiger partial charge in [0.2, 0.25) is 21.8 Å². The van der Waals surface area contributed by atoms with E-state index in [4.69, 9.17) is 11.6 Å². The molecule has 9 heteroatoms. The van der Waals surface area contributed by atoms with Gasteiger partial charge < -0.3 is 10.2 Å². The summed E-state index contributed by atoms with van der Waals surface area (Å²) in [4.78, 5) is 28.8. The highest BCUT2D eigenvalue weighted by Crippen LogP contribution is 2.22. The first-order valence-corrected chi connectivity index (χ1v) is 15.2. The Kier molecular flexibility index (Phi) is 10.9. The number of rotatable bonds is 13. The number of nitrogens with zero attached hydrogens (tertiary/aromatic N) is 2. The Labute approximate surface area is 236 Å². The molecule has 0 aliphatic carbocycles. The smallest absolute Gasteiger partial charge is 0.243 e. The SMILES string of the molecule is CC(C)NC(=O)C(Cc1ccccc1)N(Cc1ccccc1Cl)C(=O)CCCN(c1ccccc1)S(C)(=O)=O. The first-order chi connectivity index (χ1) is 18.6. The summed E-state index contributed by atoms with van der Waals surface area (Å²) < 4.78 is 26.3. The Morgan fingerprint density at radius 3 is 2.08 bits per heavy atom. The van der Waals surface area contributed by atoms with Crippen LogP contribution in [0.15, 0.2) is 84.9 Å². The summed E-state index contributed by atoms with van der Waals surface area (Å²) >= 11 is 6.45. The molecule has 2 amide bonds. The van der Waals surface area contributed by atoms with E-state index >= 15 is 0 Å². The van der Waals surface area contributed by atoms with Crippen LogP contribution in [0.5, 0.6) is 0 Å². The van der Waals surface area contributed by atoms with Gasteiger partial charge in [-0.2, -0.15) is 0 Å². The van der Waals surface area contributed by atoms with Crippen molar-refractivity contribution in [1.82, 2.24) is 10.2 Å². The van der Waals surface area contributed by atoms with E-state index in [0.29, 0.717) is 17.1 Å². The Bertz CT molecular complexity index is 1330. The number of hydrogen-bond donors (Lipinski definition) is 1. The van der Waals surface area contributed by atoms with Crippen LogP contribution in [0.25, 0.3) is 0 Å². The van der Waals surface area contributed by atoms with E-state index in [2.05, 4.69) is 5.32 Å². The molecular formula is C30H36ClN3O4S. The van der Waals surface area contributed by atoms with Gasteiger partial charge in [-0.05, 0) is 49.6 Å². The summed E-state index contributed by atoms with van der Waals surface area (Å²) in [5.74, 6) is -0.507.